The van der Waals surface area contributed by atoms with E-state index in [1.54, 1.807) is 0 Å². The lowest BCUT2D eigenvalue weighted by atomic mass is 9.96. The normalized spacial score (nSPS) is 12.5. The summed E-state index contributed by atoms with van der Waals surface area (Å²) in [6.45, 7) is 3.96. The molecule has 0 rings (SSSR count). The largest absolute Gasteiger partial charge is 0.481 e. The molecule has 0 aromatic heterocycles. The molecule has 3 heteroatoms. The van der Waals surface area contributed by atoms with Gasteiger partial charge in [0.25, 0.3) is 0 Å². The molecule has 11 heavy (non-hydrogen) atoms. The highest BCUT2D eigenvalue weighted by Gasteiger charge is 2.13. The van der Waals surface area contributed by atoms with Crippen LogP contribution in [-0.2, 0) is 4.79 Å². The zero-order chi connectivity index (χ0) is 8.85. The maximum atomic E-state index is 10.2. The Labute approximate surface area is 66.6 Å². The van der Waals surface area contributed by atoms with Gasteiger partial charge in [-0.05, 0) is 12.3 Å². The van der Waals surface area contributed by atoms with Gasteiger partial charge in [0.2, 0.25) is 0 Å². The van der Waals surface area contributed by atoms with Crippen molar-refractivity contribution >= 4 is 5.97 Å². The van der Waals surface area contributed by atoms with E-state index in [0.717, 1.165) is 0 Å². The van der Waals surface area contributed by atoms with Gasteiger partial charge in [-0.1, -0.05) is 13.8 Å². The van der Waals surface area contributed by atoms with Crippen molar-refractivity contribution in [2.75, 3.05) is 0 Å². The van der Waals surface area contributed by atoms with Crippen LogP contribution in [-0.4, -0.2) is 11.1 Å². The van der Waals surface area contributed by atoms with Crippen LogP contribution in [0.4, 0.5) is 0 Å². The molecule has 0 aliphatic carbocycles. The zero-order valence-corrected chi connectivity index (χ0v) is 6.87. The molecule has 0 bridgehead atoms. The molecular weight excluding hydrogens is 142 g/mol. The Morgan fingerprint density at radius 1 is 1.64 bits per heavy atom. The third kappa shape index (κ3) is 5.41. The van der Waals surface area contributed by atoms with Crippen LogP contribution in [0.15, 0.2) is 0 Å². The second-order valence-electron chi connectivity index (χ2n) is 3.05. The van der Waals surface area contributed by atoms with Crippen LogP contribution in [0.3, 0.4) is 0 Å². The number of hydrogen-bond donors (Lipinski definition) is 1. The molecule has 0 saturated heterocycles. The summed E-state index contributed by atoms with van der Waals surface area (Å²) in [5.74, 6) is -0.830. The molecule has 0 aromatic carbocycles. The predicted octanol–water partition coefficient (Wildman–Crippen LogP) is 1.65. The number of aliphatic carboxylic acids is 1. The third-order valence-corrected chi connectivity index (χ3v) is 1.36. The summed E-state index contributed by atoms with van der Waals surface area (Å²) in [7, 11) is 0. The van der Waals surface area contributed by atoms with Gasteiger partial charge in [-0.2, -0.15) is 5.26 Å². The van der Waals surface area contributed by atoms with Crippen LogP contribution in [0.1, 0.15) is 26.7 Å². The highest BCUT2D eigenvalue weighted by molar-refractivity contribution is 5.67. The van der Waals surface area contributed by atoms with Crippen LogP contribution in [0, 0.1) is 23.2 Å². The van der Waals surface area contributed by atoms with Gasteiger partial charge >= 0.3 is 5.97 Å². The van der Waals surface area contributed by atoms with Gasteiger partial charge in [0.15, 0.2) is 0 Å². The van der Waals surface area contributed by atoms with E-state index in [1.807, 2.05) is 19.9 Å². The SMILES string of the molecule is CC(C)C[C@H](C#N)CC(=O)O. The van der Waals surface area contributed by atoms with Crippen LogP contribution in [0.2, 0.25) is 0 Å². The van der Waals surface area contributed by atoms with Crippen LogP contribution in [0.25, 0.3) is 0 Å². The molecule has 1 N–H and O–H groups in total. The first-order valence-electron chi connectivity index (χ1n) is 3.67. The minimum absolute atomic E-state index is 0.0331. The van der Waals surface area contributed by atoms with Crippen molar-refractivity contribution in [1.82, 2.24) is 0 Å². The predicted molar refractivity (Wildman–Crippen MR) is 40.8 cm³/mol. The lowest BCUT2D eigenvalue weighted by Crippen LogP contribution is -2.08. The lowest BCUT2D eigenvalue weighted by molar-refractivity contribution is -0.137. The van der Waals surface area contributed by atoms with Crippen LogP contribution in [0.5, 0.6) is 0 Å². The van der Waals surface area contributed by atoms with E-state index in [2.05, 4.69) is 0 Å². The van der Waals surface area contributed by atoms with E-state index in [9.17, 15) is 4.79 Å². The van der Waals surface area contributed by atoms with Crippen LogP contribution >= 0.6 is 0 Å². The molecule has 0 amide bonds. The Morgan fingerprint density at radius 3 is 2.45 bits per heavy atom. The molecule has 0 radical (unpaired) electrons. The number of rotatable bonds is 4. The molecule has 0 aliphatic heterocycles. The summed E-state index contributed by atoms with van der Waals surface area (Å²) in [5, 5.41) is 16.9. The van der Waals surface area contributed by atoms with E-state index >= 15 is 0 Å². The van der Waals surface area contributed by atoms with Crippen molar-refractivity contribution in [3.63, 3.8) is 0 Å². The smallest absolute Gasteiger partial charge is 0.304 e. The van der Waals surface area contributed by atoms with E-state index in [0.29, 0.717) is 12.3 Å². The molecule has 62 valence electrons. The van der Waals surface area contributed by atoms with Crippen molar-refractivity contribution in [2.24, 2.45) is 11.8 Å². The number of carbonyl (C=O) groups is 1. The van der Waals surface area contributed by atoms with Crippen molar-refractivity contribution in [1.29, 1.82) is 5.26 Å². The van der Waals surface area contributed by atoms with E-state index in [4.69, 9.17) is 10.4 Å². The first-order valence-corrected chi connectivity index (χ1v) is 3.67. The molecule has 3 nitrogen and oxygen atoms in total. The quantitative estimate of drug-likeness (QED) is 0.671. The van der Waals surface area contributed by atoms with Crippen molar-refractivity contribution in [2.45, 2.75) is 26.7 Å². The Kier molecular flexibility index (Phi) is 4.28. The lowest BCUT2D eigenvalue weighted by Gasteiger charge is -2.07. The number of nitriles is 1. The fourth-order valence-corrected chi connectivity index (χ4v) is 0.962. The molecule has 0 saturated carbocycles. The molecular formula is C8H13NO2. The van der Waals surface area contributed by atoms with Gasteiger partial charge in [0.1, 0.15) is 0 Å². The highest BCUT2D eigenvalue weighted by atomic mass is 16.4. The van der Waals surface area contributed by atoms with Crippen molar-refractivity contribution in [3.8, 4) is 6.07 Å². The average Bonchev–Trinajstić information content (AvgIpc) is 1.84. The number of hydrogen-bond acceptors (Lipinski definition) is 2. The zero-order valence-electron chi connectivity index (χ0n) is 6.87. The Bertz CT molecular complexity index is 169. The third-order valence-electron chi connectivity index (χ3n) is 1.36. The summed E-state index contributed by atoms with van der Waals surface area (Å²) in [4.78, 5) is 10.2. The fraction of sp³-hybridized carbons (Fsp3) is 0.750. The average molecular weight is 155 g/mol. The van der Waals surface area contributed by atoms with Gasteiger partial charge in [-0.3, -0.25) is 4.79 Å². The summed E-state index contributed by atoms with van der Waals surface area (Å²) < 4.78 is 0. The summed E-state index contributed by atoms with van der Waals surface area (Å²) >= 11 is 0. The molecule has 0 fully saturated rings. The van der Waals surface area contributed by atoms with E-state index in [1.165, 1.54) is 0 Å². The Hall–Kier alpha value is -1.04. The minimum Gasteiger partial charge on any atom is -0.481 e. The van der Waals surface area contributed by atoms with Gasteiger partial charge < -0.3 is 5.11 Å². The van der Waals surface area contributed by atoms with E-state index in [-0.39, 0.29) is 12.3 Å². The van der Waals surface area contributed by atoms with Gasteiger partial charge in [0, 0.05) is 0 Å². The fourth-order valence-electron chi connectivity index (χ4n) is 0.962. The number of carboxylic acids is 1. The molecule has 0 spiro atoms. The first kappa shape index (κ1) is 9.96. The number of carboxylic acid groups (broad SMARTS) is 1. The minimum atomic E-state index is -0.891. The monoisotopic (exact) mass is 155 g/mol. The van der Waals surface area contributed by atoms with Crippen molar-refractivity contribution in [3.05, 3.63) is 0 Å². The summed E-state index contributed by atoms with van der Waals surface area (Å²) in [6, 6.07) is 1.98. The topological polar surface area (TPSA) is 61.1 Å². The molecule has 0 aromatic rings. The number of nitrogens with zero attached hydrogens (tertiary/aromatic N) is 1. The molecule has 1 atom stereocenters. The maximum Gasteiger partial charge on any atom is 0.304 e. The van der Waals surface area contributed by atoms with Gasteiger partial charge in [-0.15, -0.1) is 0 Å². The maximum absolute atomic E-state index is 10.2. The molecule has 0 heterocycles. The Balaban J connectivity index is 3.79. The second-order valence-corrected chi connectivity index (χ2v) is 3.05. The Morgan fingerprint density at radius 2 is 2.18 bits per heavy atom. The summed E-state index contributed by atoms with van der Waals surface area (Å²) in [5.41, 5.74) is 0. The molecule has 0 aliphatic rings. The first-order chi connectivity index (χ1) is 5.06. The second kappa shape index (κ2) is 4.73. The summed E-state index contributed by atoms with van der Waals surface area (Å²) in [6.07, 6.45) is 0.636. The standard InChI is InChI=1S/C8H13NO2/c1-6(2)3-7(5-9)4-8(10)11/h6-7H,3-4H2,1-2H3,(H,10,11)/t7-/m0/s1. The van der Waals surface area contributed by atoms with Gasteiger partial charge in [0.05, 0.1) is 18.4 Å². The van der Waals surface area contributed by atoms with E-state index < -0.39 is 5.97 Å². The molecule has 0 unspecified atom stereocenters. The highest BCUT2D eigenvalue weighted by Crippen LogP contribution is 2.13. The van der Waals surface area contributed by atoms with Crippen molar-refractivity contribution < 1.29 is 9.90 Å². The van der Waals surface area contributed by atoms with Crippen LogP contribution < -0.4 is 0 Å². The van der Waals surface area contributed by atoms with Gasteiger partial charge in [-0.25, -0.2) is 0 Å².